The first-order valence-electron chi connectivity index (χ1n) is 6.08. The number of halogens is 1. The zero-order valence-electron chi connectivity index (χ0n) is 11.3. The molecule has 1 amide bonds. The van der Waals surface area contributed by atoms with Crippen molar-refractivity contribution in [2.75, 3.05) is 11.9 Å². The molecule has 1 aromatic carbocycles. The second kappa shape index (κ2) is 6.02. The summed E-state index contributed by atoms with van der Waals surface area (Å²) in [5.74, 6) is 4.57. The van der Waals surface area contributed by atoms with E-state index in [2.05, 4.69) is 5.43 Å². The van der Waals surface area contributed by atoms with Crippen LogP contribution in [0.1, 0.15) is 20.1 Å². The third kappa shape index (κ3) is 3.15. The van der Waals surface area contributed by atoms with Crippen LogP contribution in [0.5, 0.6) is 0 Å². The number of carbonyl (C=O) groups excluding carboxylic acids is 1. The lowest BCUT2D eigenvalue weighted by atomic mass is 10.2. The number of anilines is 1. The molecule has 0 radical (unpaired) electrons. The zero-order valence-corrected chi connectivity index (χ0v) is 12.1. The highest BCUT2D eigenvalue weighted by atomic mass is 32.1. The first-order chi connectivity index (χ1) is 9.51. The summed E-state index contributed by atoms with van der Waals surface area (Å²) in [6.45, 7) is 2.55. The number of nitrogens with two attached hydrogens (primary N) is 1. The van der Waals surface area contributed by atoms with Crippen molar-refractivity contribution in [3.8, 4) is 0 Å². The highest BCUT2D eigenvalue weighted by molar-refractivity contribution is 7.14. The first-order valence-corrected chi connectivity index (χ1v) is 6.90. The first kappa shape index (κ1) is 14.5. The van der Waals surface area contributed by atoms with Gasteiger partial charge in [-0.2, -0.15) is 0 Å². The maximum atomic E-state index is 13.2. The third-order valence-electron chi connectivity index (χ3n) is 3.03. The van der Waals surface area contributed by atoms with Crippen molar-refractivity contribution < 1.29 is 9.18 Å². The monoisotopic (exact) mass is 293 g/mol. The van der Waals surface area contributed by atoms with Crippen LogP contribution < -0.4 is 16.2 Å². The summed E-state index contributed by atoms with van der Waals surface area (Å²) in [4.78, 5) is 15.0. The summed E-state index contributed by atoms with van der Waals surface area (Å²) in [6.07, 6.45) is 0. The molecule has 0 bridgehead atoms. The van der Waals surface area contributed by atoms with Crippen molar-refractivity contribution >= 4 is 22.9 Å². The Morgan fingerprint density at radius 3 is 2.85 bits per heavy atom. The summed E-state index contributed by atoms with van der Waals surface area (Å²) in [6, 6.07) is 8.23. The Morgan fingerprint density at radius 1 is 1.45 bits per heavy atom. The van der Waals surface area contributed by atoms with Crippen molar-refractivity contribution in [1.82, 2.24) is 5.43 Å². The summed E-state index contributed by atoms with van der Waals surface area (Å²) < 4.78 is 13.2. The molecule has 0 saturated heterocycles. The van der Waals surface area contributed by atoms with E-state index in [0.29, 0.717) is 11.4 Å². The van der Waals surface area contributed by atoms with Crippen LogP contribution in [-0.2, 0) is 6.54 Å². The van der Waals surface area contributed by atoms with Crippen LogP contribution in [0.4, 0.5) is 10.1 Å². The minimum absolute atomic E-state index is 0.264. The van der Waals surface area contributed by atoms with Gasteiger partial charge in [0.25, 0.3) is 5.91 Å². The van der Waals surface area contributed by atoms with Gasteiger partial charge in [0.15, 0.2) is 0 Å². The fourth-order valence-electron chi connectivity index (χ4n) is 1.92. The van der Waals surface area contributed by atoms with Gasteiger partial charge in [0.2, 0.25) is 0 Å². The van der Waals surface area contributed by atoms with E-state index in [1.807, 2.05) is 31.0 Å². The number of hydrazine groups is 1. The maximum Gasteiger partial charge on any atom is 0.275 e. The molecular formula is C14H16FN3OS. The van der Waals surface area contributed by atoms with E-state index in [-0.39, 0.29) is 11.7 Å². The largest absolute Gasteiger partial charge is 0.370 e. The molecule has 0 saturated carbocycles. The second-order valence-corrected chi connectivity index (χ2v) is 5.76. The number of aryl methyl sites for hydroxylation is 1. The van der Waals surface area contributed by atoms with E-state index < -0.39 is 0 Å². The Kier molecular flexibility index (Phi) is 4.36. The number of amides is 1. The average molecular weight is 293 g/mol. The summed E-state index contributed by atoms with van der Waals surface area (Å²) >= 11 is 1.39. The maximum absolute atomic E-state index is 13.2. The number of nitrogen functional groups attached to an aromatic ring is 1. The van der Waals surface area contributed by atoms with Gasteiger partial charge >= 0.3 is 0 Å². The minimum atomic E-state index is -0.294. The van der Waals surface area contributed by atoms with E-state index in [0.717, 1.165) is 16.1 Å². The molecule has 4 nitrogen and oxygen atoms in total. The molecule has 3 N–H and O–H groups in total. The highest BCUT2D eigenvalue weighted by Gasteiger charge is 2.13. The number of hydrogen-bond donors (Lipinski definition) is 2. The predicted octanol–water partition coefficient (Wildman–Crippen LogP) is 2.44. The van der Waals surface area contributed by atoms with Crippen LogP contribution in [-0.4, -0.2) is 13.0 Å². The number of thiophene rings is 1. The highest BCUT2D eigenvalue weighted by Crippen LogP contribution is 2.24. The van der Waals surface area contributed by atoms with Gasteiger partial charge in [0, 0.05) is 24.2 Å². The van der Waals surface area contributed by atoms with Gasteiger partial charge in [-0.05, 0) is 36.8 Å². The molecule has 0 aliphatic heterocycles. The molecule has 1 aromatic heterocycles. The molecule has 0 aliphatic rings. The van der Waals surface area contributed by atoms with E-state index in [1.54, 1.807) is 6.07 Å². The molecular weight excluding hydrogens is 277 g/mol. The molecule has 6 heteroatoms. The number of carbonyl (C=O) groups is 1. The number of benzene rings is 1. The van der Waals surface area contributed by atoms with Gasteiger partial charge in [-0.1, -0.05) is 6.07 Å². The van der Waals surface area contributed by atoms with E-state index in [9.17, 15) is 9.18 Å². The van der Waals surface area contributed by atoms with Crippen molar-refractivity contribution in [3.05, 3.63) is 51.5 Å². The van der Waals surface area contributed by atoms with Crippen LogP contribution >= 0.6 is 11.3 Å². The Morgan fingerprint density at radius 2 is 2.20 bits per heavy atom. The molecule has 20 heavy (non-hydrogen) atoms. The average Bonchev–Trinajstić information content (AvgIpc) is 2.79. The molecule has 106 valence electrons. The summed E-state index contributed by atoms with van der Waals surface area (Å²) in [5, 5.41) is 0. The van der Waals surface area contributed by atoms with E-state index in [1.165, 1.54) is 23.5 Å². The number of nitrogens with zero attached hydrogens (tertiary/aromatic N) is 1. The number of nitrogens with one attached hydrogen (secondary N) is 1. The molecule has 0 spiro atoms. The number of hydrogen-bond acceptors (Lipinski definition) is 4. The topological polar surface area (TPSA) is 58.4 Å². The van der Waals surface area contributed by atoms with Gasteiger partial charge in [0.05, 0.1) is 4.88 Å². The smallest absolute Gasteiger partial charge is 0.275 e. The molecule has 0 unspecified atom stereocenters. The Hall–Kier alpha value is -1.92. The Labute approximate surface area is 121 Å². The minimum Gasteiger partial charge on any atom is -0.370 e. The fourth-order valence-corrected chi connectivity index (χ4v) is 2.86. The van der Waals surface area contributed by atoms with Crippen LogP contribution in [0, 0.1) is 12.7 Å². The summed E-state index contributed by atoms with van der Waals surface area (Å²) in [7, 11) is 1.88. The van der Waals surface area contributed by atoms with Gasteiger partial charge in [-0.25, -0.2) is 10.2 Å². The van der Waals surface area contributed by atoms with Crippen molar-refractivity contribution in [3.63, 3.8) is 0 Å². The van der Waals surface area contributed by atoms with E-state index >= 15 is 0 Å². The lowest BCUT2D eigenvalue weighted by molar-refractivity contribution is 0.0957. The standard InChI is InChI=1S/C14H16FN3OS/c1-9-10(6-13(20-9)14(19)17-16)8-18(2)12-5-3-4-11(15)7-12/h3-7H,8,16H2,1-2H3,(H,17,19). The van der Waals surface area contributed by atoms with Crippen molar-refractivity contribution in [2.24, 2.45) is 5.84 Å². The molecule has 0 aliphatic carbocycles. The third-order valence-corrected chi connectivity index (χ3v) is 4.12. The van der Waals surface area contributed by atoms with Gasteiger partial charge in [-0.3, -0.25) is 10.2 Å². The SMILES string of the molecule is Cc1sc(C(=O)NN)cc1CN(C)c1cccc(F)c1. The lowest BCUT2D eigenvalue weighted by Gasteiger charge is -2.19. The second-order valence-electron chi connectivity index (χ2n) is 4.50. The summed E-state index contributed by atoms with van der Waals surface area (Å²) in [5.41, 5.74) is 3.94. The molecule has 0 atom stereocenters. The molecule has 1 heterocycles. The fraction of sp³-hybridized carbons (Fsp3) is 0.214. The van der Waals surface area contributed by atoms with Gasteiger partial charge < -0.3 is 4.90 Å². The van der Waals surface area contributed by atoms with Crippen LogP contribution in [0.25, 0.3) is 0 Å². The Balaban J connectivity index is 2.17. The van der Waals surface area contributed by atoms with Gasteiger partial charge in [0.1, 0.15) is 5.82 Å². The predicted molar refractivity (Wildman–Crippen MR) is 79.2 cm³/mol. The Bertz CT molecular complexity index is 627. The van der Waals surface area contributed by atoms with Gasteiger partial charge in [-0.15, -0.1) is 11.3 Å². The molecule has 2 aromatic rings. The van der Waals surface area contributed by atoms with Crippen molar-refractivity contribution in [2.45, 2.75) is 13.5 Å². The zero-order chi connectivity index (χ0) is 14.7. The van der Waals surface area contributed by atoms with E-state index in [4.69, 9.17) is 5.84 Å². The molecule has 0 fully saturated rings. The lowest BCUT2D eigenvalue weighted by Crippen LogP contribution is -2.29. The number of rotatable bonds is 4. The van der Waals surface area contributed by atoms with Crippen LogP contribution in [0.3, 0.4) is 0 Å². The molecule has 2 rings (SSSR count). The van der Waals surface area contributed by atoms with Crippen LogP contribution in [0.2, 0.25) is 0 Å². The quantitative estimate of drug-likeness (QED) is 0.517. The normalized spacial score (nSPS) is 10.4. The van der Waals surface area contributed by atoms with Crippen molar-refractivity contribution in [1.29, 1.82) is 0 Å². The van der Waals surface area contributed by atoms with Crippen LogP contribution in [0.15, 0.2) is 30.3 Å².